The van der Waals surface area contributed by atoms with Crippen molar-refractivity contribution >= 4 is 16.8 Å². The molecule has 0 fully saturated rings. The first-order chi connectivity index (χ1) is 12.9. The molecule has 0 radical (unpaired) electrons. The van der Waals surface area contributed by atoms with E-state index < -0.39 is 6.10 Å². The van der Waals surface area contributed by atoms with Crippen LogP contribution < -0.4 is 15.1 Å². The summed E-state index contributed by atoms with van der Waals surface area (Å²) >= 11 is 0. The number of carbonyl (C=O) groups is 1. The fourth-order valence-corrected chi connectivity index (χ4v) is 3.73. The molecule has 0 bridgehead atoms. The zero-order chi connectivity index (χ0) is 19.3. The average molecular weight is 364 g/mol. The summed E-state index contributed by atoms with van der Waals surface area (Å²) in [5.41, 5.74) is 3.48. The van der Waals surface area contributed by atoms with Gasteiger partial charge in [-0.15, -0.1) is 0 Å². The molecule has 0 aliphatic carbocycles. The molecule has 1 atom stereocenters. The lowest BCUT2D eigenvalue weighted by atomic mass is 9.90. The van der Waals surface area contributed by atoms with E-state index in [9.17, 15) is 9.59 Å². The van der Waals surface area contributed by atoms with E-state index in [2.05, 4.69) is 0 Å². The van der Waals surface area contributed by atoms with E-state index in [1.807, 2.05) is 38.1 Å². The highest BCUT2D eigenvalue weighted by atomic mass is 16.5. The highest BCUT2D eigenvalue weighted by molar-refractivity contribution is 6.07. The van der Waals surface area contributed by atoms with Crippen LogP contribution in [0.25, 0.3) is 11.0 Å². The van der Waals surface area contributed by atoms with Gasteiger partial charge in [-0.1, -0.05) is 18.2 Å². The molecular formula is C22H20O5. The van der Waals surface area contributed by atoms with Gasteiger partial charge < -0.3 is 13.9 Å². The van der Waals surface area contributed by atoms with Gasteiger partial charge >= 0.3 is 5.63 Å². The Morgan fingerprint density at radius 1 is 1.07 bits per heavy atom. The Labute approximate surface area is 156 Å². The standard InChI is InChI=1S/C22H20O5/c1-11-9-18-20(12(2)13(3)22(24)27-18)21-19(11)15(23)10-17(26-21)14-7-5-6-8-16(14)25-4/h5-9,17H,10H2,1-4H3/t17-/m1/s1. The SMILES string of the molecule is COc1ccccc1[C@H]1CC(=O)c2c(C)cc3oc(=O)c(C)c(C)c3c2O1. The van der Waals surface area contributed by atoms with Crippen LogP contribution in [0, 0.1) is 20.8 Å². The topological polar surface area (TPSA) is 65.7 Å². The van der Waals surface area contributed by atoms with Crippen LogP contribution in [0.3, 0.4) is 0 Å². The molecule has 1 aromatic heterocycles. The molecule has 1 aliphatic heterocycles. The number of hydrogen-bond donors (Lipinski definition) is 0. The molecule has 0 saturated heterocycles. The summed E-state index contributed by atoms with van der Waals surface area (Å²) in [6.07, 6.45) is -0.230. The van der Waals surface area contributed by atoms with Crippen LogP contribution in [-0.4, -0.2) is 12.9 Å². The van der Waals surface area contributed by atoms with Crippen molar-refractivity contribution in [2.45, 2.75) is 33.3 Å². The Morgan fingerprint density at radius 3 is 2.56 bits per heavy atom. The molecule has 0 unspecified atom stereocenters. The average Bonchev–Trinajstić information content (AvgIpc) is 2.65. The largest absolute Gasteiger partial charge is 0.496 e. The van der Waals surface area contributed by atoms with Gasteiger partial charge in [0, 0.05) is 11.1 Å². The molecule has 138 valence electrons. The maximum atomic E-state index is 13.0. The third kappa shape index (κ3) is 2.62. The molecule has 4 rings (SSSR count). The molecule has 27 heavy (non-hydrogen) atoms. The van der Waals surface area contributed by atoms with Gasteiger partial charge in [0.05, 0.1) is 24.5 Å². The maximum absolute atomic E-state index is 13.0. The van der Waals surface area contributed by atoms with Gasteiger partial charge in [0.15, 0.2) is 5.78 Å². The van der Waals surface area contributed by atoms with Crippen LogP contribution in [0.15, 0.2) is 39.5 Å². The van der Waals surface area contributed by atoms with Crippen molar-refractivity contribution in [2.24, 2.45) is 0 Å². The van der Waals surface area contributed by atoms with Crippen LogP contribution >= 0.6 is 0 Å². The summed E-state index contributed by atoms with van der Waals surface area (Å²) in [6.45, 7) is 5.40. The fourth-order valence-electron chi connectivity index (χ4n) is 3.73. The van der Waals surface area contributed by atoms with Crippen molar-refractivity contribution in [3.05, 3.63) is 68.6 Å². The normalized spacial score (nSPS) is 16.1. The van der Waals surface area contributed by atoms with Gasteiger partial charge in [0.2, 0.25) is 0 Å². The number of hydrogen-bond acceptors (Lipinski definition) is 5. The minimum Gasteiger partial charge on any atom is -0.496 e. The van der Waals surface area contributed by atoms with Crippen LogP contribution in [0.1, 0.15) is 45.1 Å². The lowest BCUT2D eigenvalue weighted by Gasteiger charge is -2.29. The van der Waals surface area contributed by atoms with Crippen molar-refractivity contribution in [1.29, 1.82) is 0 Å². The Balaban J connectivity index is 1.98. The Hall–Kier alpha value is -3.08. The van der Waals surface area contributed by atoms with Gasteiger partial charge in [-0.3, -0.25) is 4.79 Å². The van der Waals surface area contributed by atoms with E-state index in [0.29, 0.717) is 33.6 Å². The highest BCUT2D eigenvalue weighted by Gasteiger charge is 2.33. The van der Waals surface area contributed by atoms with E-state index in [1.54, 1.807) is 20.1 Å². The van der Waals surface area contributed by atoms with Crippen LogP contribution in [0.4, 0.5) is 0 Å². The number of carbonyl (C=O) groups excluding carboxylic acids is 1. The summed E-state index contributed by atoms with van der Waals surface area (Å²) in [7, 11) is 1.60. The smallest absolute Gasteiger partial charge is 0.339 e. The van der Waals surface area contributed by atoms with Crippen molar-refractivity contribution in [1.82, 2.24) is 0 Å². The summed E-state index contributed by atoms with van der Waals surface area (Å²) < 4.78 is 17.2. The van der Waals surface area contributed by atoms with E-state index in [4.69, 9.17) is 13.9 Å². The number of para-hydroxylation sites is 1. The molecule has 2 aromatic carbocycles. The first-order valence-corrected chi connectivity index (χ1v) is 8.82. The number of ketones is 1. The second-order valence-electron chi connectivity index (χ2n) is 6.89. The molecule has 0 amide bonds. The monoisotopic (exact) mass is 364 g/mol. The second kappa shape index (κ2) is 6.27. The van der Waals surface area contributed by atoms with Crippen LogP contribution in [0.2, 0.25) is 0 Å². The van der Waals surface area contributed by atoms with Crippen LogP contribution in [-0.2, 0) is 0 Å². The lowest BCUT2D eigenvalue weighted by Crippen LogP contribution is -2.22. The van der Waals surface area contributed by atoms with Gasteiger partial charge in [-0.25, -0.2) is 4.79 Å². The molecule has 2 heterocycles. The summed E-state index contributed by atoms with van der Waals surface area (Å²) in [5.74, 6) is 1.17. The van der Waals surface area contributed by atoms with Gasteiger partial charge in [-0.05, 0) is 44.0 Å². The number of aryl methyl sites for hydroxylation is 2. The first-order valence-electron chi connectivity index (χ1n) is 8.82. The fraction of sp³-hybridized carbons (Fsp3) is 0.273. The second-order valence-corrected chi connectivity index (χ2v) is 6.89. The molecule has 0 N–H and O–H groups in total. The van der Waals surface area contributed by atoms with Gasteiger partial charge in [0.1, 0.15) is 23.2 Å². The third-order valence-corrected chi connectivity index (χ3v) is 5.28. The molecule has 5 nitrogen and oxygen atoms in total. The Kier molecular flexibility index (Phi) is 4.02. The lowest BCUT2D eigenvalue weighted by molar-refractivity contribution is 0.0849. The molecule has 0 saturated carbocycles. The molecule has 5 heteroatoms. The highest BCUT2D eigenvalue weighted by Crippen LogP contribution is 2.44. The van der Waals surface area contributed by atoms with E-state index in [-0.39, 0.29) is 17.8 Å². The minimum atomic E-state index is -0.460. The zero-order valence-electron chi connectivity index (χ0n) is 15.7. The quantitative estimate of drug-likeness (QED) is 0.629. The third-order valence-electron chi connectivity index (χ3n) is 5.28. The number of fused-ring (bicyclic) bond motifs is 3. The minimum absolute atomic E-state index is 0.00908. The van der Waals surface area contributed by atoms with E-state index >= 15 is 0 Å². The van der Waals surface area contributed by atoms with Crippen molar-refractivity contribution in [3.63, 3.8) is 0 Å². The predicted molar refractivity (Wildman–Crippen MR) is 102 cm³/mol. The summed E-state index contributed by atoms with van der Waals surface area (Å²) in [5, 5.41) is 0.681. The number of Topliss-reactive ketones (excluding diaryl/α,β-unsaturated/α-hetero) is 1. The van der Waals surface area contributed by atoms with Crippen molar-refractivity contribution in [3.8, 4) is 11.5 Å². The molecule has 1 aliphatic rings. The van der Waals surface area contributed by atoms with Gasteiger partial charge in [-0.2, -0.15) is 0 Å². The number of rotatable bonds is 2. The summed E-state index contributed by atoms with van der Waals surface area (Å²) in [6, 6.07) is 9.26. The molecular weight excluding hydrogens is 344 g/mol. The van der Waals surface area contributed by atoms with E-state index in [1.165, 1.54) is 0 Å². The summed E-state index contributed by atoms with van der Waals surface area (Å²) in [4.78, 5) is 25.1. The van der Waals surface area contributed by atoms with Crippen molar-refractivity contribution in [2.75, 3.05) is 7.11 Å². The van der Waals surface area contributed by atoms with E-state index in [0.717, 1.165) is 16.7 Å². The zero-order valence-corrected chi connectivity index (χ0v) is 15.7. The molecule has 0 spiro atoms. The number of methoxy groups -OCH3 is 1. The van der Waals surface area contributed by atoms with Gasteiger partial charge in [0.25, 0.3) is 0 Å². The number of benzene rings is 2. The molecule has 3 aromatic rings. The predicted octanol–water partition coefficient (Wildman–Crippen LogP) is 4.43. The Morgan fingerprint density at radius 2 is 1.81 bits per heavy atom. The Bertz CT molecular complexity index is 1140. The van der Waals surface area contributed by atoms with Crippen LogP contribution in [0.5, 0.6) is 11.5 Å². The van der Waals surface area contributed by atoms with Crippen molar-refractivity contribution < 1.29 is 18.7 Å². The first kappa shape index (κ1) is 17.3. The number of ether oxygens (including phenoxy) is 2. The maximum Gasteiger partial charge on any atom is 0.339 e.